The molecule has 7 heteroatoms. The Morgan fingerprint density at radius 1 is 1.22 bits per heavy atom. The molecule has 1 atom stereocenters. The fraction of sp³-hybridized carbons (Fsp3) is 0.400. The van der Waals surface area contributed by atoms with Gasteiger partial charge in [0.2, 0.25) is 17.6 Å². The molecule has 1 amide bonds. The lowest BCUT2D eigenvalue weighted by molar-refractivity contribution is -0.127. The van der Waals surface area contributed by atoms with Crippen LogP contribution < -0.4 is 10.1 Å². The monoisotopic (exact) mass is 434 g/mol. The van der Waals surface area contributed by atoms with Gasteiger partial charge in [-0.25, -0.2) is 0 Å². The summed E-state index contributed by atoms with van der Waals surface area (Å²) in [5, 5.41) is 7.18. The van der Waals surface area contributed by atoms with Gasteiger partial charge in [0.1, 0.15) is 5.75 Å². The summed E-state index contributed by atoms with van der Waals surface area (Å²) in [6.07, 6.45) is 1.98. The molecule has 2 heterocycles. The highest BCUT2D eigenvalue weighted by molar-refractivity contribution is 5.79. The van der Waals surface area contributed by atoms with E-state index in [1.54, 1.807) is 0 Å². The van der Waals surface area contributed by atoms with E-state index in [2.05, 4.69) is 20.4 Å². The number of amides is 1. The van der Waals surface area contributed by atoms with Gasteiger partial charge in [0, 0.05) is 18.7 Å². The molecular formula is C25H30N4O3. The van der Waals surface area contributed by atoms with Gasteiger partial charge in [-0.15, -0.1) is 0 Å². The molecule has 0 radical (unpaired) electrons. The second-order valence-corrected chi connectivity index (χ2v) is 8.48. The molecule has 3 aromatic rings. The average molecular weight is 435 g/mol. The van der Waals surface area contributed by atoms with Crippen molar-refractivity contribution in [3.8, 4) is 17.1 Å². The van der Waals surface area contributed by atoms with Gasteiger partial charge in [-0.2, -0.15) is 4.98 Å². The van der Waals surface area contributed by atoms with E-state index >= 15 is 0 Å². The molecule has 1 saturated heterocycles. The number of aromatic nitrogens is 2. The largest absolute Gasteiger partial charge is 0.491 e. The maximum absolute atomic E-state index is 12.8. The summed E-state index contributed by atoms with van der Waals surface area (Å²) < 4.78 is 11.2. The van der Waals surface area contributed by atoms with Gasteiger partial charge in [-0.3, -0.25) is 9.69 Å². The maximum atomic E-state index is 12.8. The topological polar surface area (TPSA) is 80.5 Å². The Morgan fingerprint density at radius 3 is 2.88 bits per heavy atom. The lowest BCUT2D eigenvalue weighted by Gasteiger charge is -2.30. The van der Waals surface area contributed by atoms with E-state index < -0.39 is 0 Å². The first-order chi connectivity index (χ1) is 15.6. The summed E-state index contributed by atoms with van der Waals surface area (Å²) >= 11 is 0. The molecule has 1 aromatic heterocycles. The summed E-state index contributed by atoms with van der Waals surface area (Å²) in [6, 6.07) is 17.6. The third-order valence-corrected chi connectivity index (χ3v) is 5.47. The second kappa shape index (κ2) is 10.4. The van der Waals surface area contributed by atoms with Crippen LogP contribution in [0.4, 0.5) is 0 Å². The van der Waals surface area contributed by atoms with Crippen molar-refractivity contribution in [1.82, 2.24) is 20.4 Å². The van der Waals surface area contributed by atoms with Crippen LogP contribution in [0.5, 0.6) is 5.75 Å². The van der Waals surface area contributed by atoms with Crippen molar-refractivity contribution in [2.24, 2.45) is 5.92 Å². The van der Waals surface area contributed by atoms with Crippen LogP contribution in [0.2, 0.25) is 0 Å². The van der Waals surface area contributed by atoms with Gasteiger partial charge in [-0.05, 0) is 50.9 Å². The maximum Gasteiger partial charge on any atom is 0.241 e. The van der Waals surface area contributed by atoms with Gasteiger partial charge in [-0.1, -0.05) is 47.6 Å². The Labute approximate surface area is 188 Å². The third-order valence-electron chi connectivity index (χ3n) is 5.47. The number of likely N-dealkylation sites (tertiary alicyclic amines) is 1. The summed E-state index contributed by atoms with van der Waals surface area (Å²) in [6.45, 7) is 6.65. The fourth-order valence-corrected chi connectivity index (χ4v) is 3.96. The number of carbonyl (C=O) groups is 1. The van der Waals surface area contributed by atoms with E-state index in [1.165, 1.54) is 0 Å². The minimum absolute atomic E-state index is 0.0460. The third kappa shape index (κ3) is 5.95. The SMILES string of the molecule is CC(C)Oc1cccc(CNC(=O)C2CCCN(Cc3nc(-c4ccccc4)no3)C2)c1. The van der Waals surface area contributed by atoms with Crippen molar-refractivity contribution in [1.29, 1.82) is 0 Å². The zero-order chi connectivity index (χ0) is 22.3. The number of rotatable bonds is 8. The number of nitrogens with one attached hydrogen (secondary N) is 1. The quantitative estimate of drug-likeness (QED) is 0.576. The van der Waals surface area contributed by atoms with Crippen molar-refractivity contribution >= 4 is 5.91 Å². The molecule has 1 aliphatic rings. The molecule has 0 bridgehead atoms. The van der Waals surface area contributed by atoms with Crippen molar-refractivity contribution < 1.29 is 14.1 Å². The summed E-state index contributed by atoms with van der Waals surface area (Å²) in [4.78, 5) is 19.5. The van der Waals surface area contributed by atoms with Crippen LogP contribution in [0, 0.1) is 5.92 Å². The van der Waals surface area contributed by atoms with Crippen LogP contribution in [0.3, 0.4) is 0 Å². The molecule has 2 aromatic carbocycles. The average Bonchev–Trinajstić information content (AvgIpc) is 3.26. The molecule has 32 heavy (non-hydrogen) atoms. The van der Waals surface area contributed by atoms with E-state index in [0.717, 1.165) is 36.3 Å². The predicted molar refractivity (Wildman–Crippen MR) is 122 cm³/mol. The molecule has 1 aliphatic heterocycles. The molecule has 4 rings (SSSR count). The normalized spacial score (nSPS) is 16.8. The van der Waals surface area contributed by atoms with Crippen LogP contribution in [0.25, 0.3) is 11.4 Å². The van der Waals surface area contributed by atoms with Crippen LogP contribution in [-0.4, -0.2) is 40.1 Å². The van der Waals surface area contributed by atoms with E-state index in [9.17, 15) is 4.79 Å². The van der Waals surface area contributed by atoms with E-state index in [-0.39, 0.29) is 17.9 Å². The summed E-state index contributed by atoms with van der Waals surface area (Å²) in [5.41, 5.74) is 1.96. The Bertz CT molecular complexity index is 1020. The Hall–Kier alpha value is -3.19. The molecule has 168 valence electrons. The Kier molecular flexibility index (Phi) is 7.17. The number of benzene rings is 2. The number of hydrogen-bond acceptors (Lipinski definition) is 6. The Balaban J connectivity index is 1.29. The van der Waals surface area contributed by atoms with Crippen molar-refractivity contribution in [3.63, 3.8) is 0 Å². The standard InChI is InChI=1S/C25H30N4O3/c1-18(2)31-22-12-6-8-19(14-22)15-26-25(30)21-11-7-13-29(16-21)17-23-27-24(28-32-23)20-9-4-3-5-10-20/h3-6,8-10,12,14,18,21H,7,11,13,15-17H2,1-2H3,(H,26,30). The number of piperidine rings is 1. The van der Waals surface area contributed by atoms with Crippen molar-refractivity contribution in [3.05, 3.63) is 66.1 Å². The zero-order valence-electron chi connectivity index (χ0n) is 18.7. The summed E-state index contributed by atoms with van der Waals surface area (Å²) in [5.74, 6) is 2.03. The highest BCUT2D eigenvalue weighted by atomic mass is 16.5. The lowest BCUT2D eigenvalue weighted by Crippen LogP contribution is -2.42. The van der Waals surface area contributed by atoms with Crippen molar-refractivity contribution in [2.45, 2.75) is 45.9 Å². The lowest BCUT2D eigenvalue weighted by atomic mass is 9.97. The summed E-state index contributed by atoms with van der Waals surface area (Å²) in [7, 11) is 0. The number of nitrogens with zero attached hydrogens (tertiary/aromatic N) is 3. The van der Waals surface area contributed by atoms with Gasteiger partial charge < -0.3 is 14.6 Å². The fourth-order valence-electron chi connectivity index (χ4n) is 3.96. The molecule has 1 N–H and O–H groups in total. The molecule has 1 fully saturated rings. The van der Waals surface area contributed by atoms with Gasteiger partial charge >= 0.3 is 0 Å². The van der Waals surface area contributed by atoms with Crippen LogP contribution in [-0.2, 0) is 17.9 Å². The van der Waals surface area contributed by atoms with Crippen LogP contribution >= 0.6 is 0 Å². The van der Waals surface area contributed by atoms with E-state index in [4.69, 9.17) is 9.26 Å². The first-order valence-electron chi connectivity index (χ1n) is 11.2. The highest BCUT2D eigenvalue weighted by Crippen LogP contribution is 2.21. The minimum Gasteiger partial charge on any atom is -0.491 e. The van der Waals surface area contributed by atoms with Gasteiger partial charge in [0.05, 0.1) is 18.6 Å². The number of carbonyl (C=O) groups excluding carboxylic acids is 1. The first kappa shape index (κ1) is 22.0. The van der Waals surface area contributed by atoms with Crippen LogP contribution in [0.1, 0.15) is 38.1 Å². The Morgan fingerprint density at radius 2 is 2.06 bits per heavy atom. The molecule has 1 unspecified atom stereocenters. The molecular weight excluding hydrogens is 404 g/mol. The minimum atomic E-state index is -0.0460. The van der Waals surface area contributed by atoms with E-state index in [1.807, 2.05) is 68.4 Å². The number of ether oxygens (including phenoxy) is 1. The van der Waals surface area contributed by atoms with Gasteiger partial charge in [0.25, 0.3) is 0 Å². The smallest absolute Gasteiger partial charge is 0.241 e. The molecule has 0 spiro atoms. The predicted octanol–water partition coefficient (Wildman–Crippen LogP) is 4.05. The number of hydrogen-bond donors (Lipinski definition) is 1. The zero-order valence-corrected chi connectivity index (χ0v) is 18.7. The molecule has 7 nitrogen and oxygen atoms in total. The van der Waals surface area contributed by atoms with Crippen LogP contribution in [0.15, 0.2) is 59.1 Å². The van der Waals surface area contributed by atoms with E-state index in [0.29, 0.717) is 31.3 Å². The van der Waals surface area contributed by atoms with Crippen molar-refractivity contribution in [2.75, 3.05) is 13.1 Å². The first-order valence-corrected chi connectivity index (χ1v) is 11.2. The highest BCUT2D eigenvalue weighted by Gasteiger charge is 2.26. The second-order valence-electron chi connectivity index (χ2n) is 8.48. The van der Waals surface area contributed by atoms with Gasteiger partial charge in [0.15, 0.2) is 0 Å². The molecule has 0 saturated carbocycles. The molecule has 0 aliphatic carbocycles.